The number of benzene rings is 4. The molecule has 240 valence electrons. The van der Waals surface area contributed by atoms with E-state index < -0.39 is 21.3 Å². The fourth-order valence-corrected chi connectivity index (χ4v) is 16.7. The van der Waals surface area contributed by atoms with Crippen molar-refractivity contribution >= 4 is 51.2 Å². The Morgan fingerprint density at radius 2 is 1.13 bits per heavy atom. The van der Waals surface area contributed by atoms with E-state index >= 15 is 0 Å². The van der Waals surface area contributed by atoms with Gasteiger partial charge >= 0.3 is 284 Å². The molecular weight excluding hydrogens is 725 g/mol. The molecule has 2 aliphatic rings. The van der Waals surface area contributed by atoms with E-state index in [1.165, 1.54) is 58.8 Å². The molecule has 0 amide bonds. The van der Waals surface area contributed by atoms with Gasteiger partial charge in [-0.3, -0.25) is 0 Å². The van der Waals surface area contributed by atoms with Crippen LogP contribution in [0.2, 0.25) is 10.0 Å². The summed E-state index contributed by atoms with van der Waals surface area (Å²) in [5.41, 5.74) is 14.1. The van der Waals surface area contributed by atoms with Crippen molar-refractivity contribution in [3.8, 4) is 11.1 Å². The zero-order chi connectivity index (χ0) is 31.6. The zero-order valence-corrected chi connectivity index (χ0v) is 33.6. The van der Waals surface area contributed by atoms with Crippen LogP contribution in [-0.2, 0) is 32.1 Å². The number of aryl methyl sites for hydroxylation is 2. The van der Waals surface area contributed by atoms with Crippen molar-refractivity contribution in [2.45, 2.75) is 76.3 Å². The average Bonchev–Trinajstić information content (AvgIpc) is 3.56. The van der Waals surface area contributed by atoms with Crippen molar-refractivity contribution in [3.63, 3.8) is 0 Å². The Bertz CT molecular complexity index is 1780. The van der Waals surface area contributed by atoms with Gasteiger partial charge in [0.1, 0.15) is 0 Å². The largest absolute Gasteiger partial charge is 0.147 e. The van der Waals surface area contributed by atoms with Crippen molar-refractivity contribution in [1.29, 1.82) is 0 Å². The number of fused-ring (bicyclic) bond motifs is 3. The standard InChI is InChI=1S/C23H29.C13H8Cl2.C5H5.2ClH.Zr/c1-14-9-16-11-17-10-15(2)21(23(6,7)8)13-19(17)18(16)12-20(14)22(3,4)5;14-12-5-1-3-10(8-12)7-11-4-2-6-13(15)9-11;1-2-4-5-3-1;;;/h9-13H,1-8H3;1-6,8-9H;1-3H,4H2;2*1H;. The summed E-state index contributed by atoms with van der Waals surface area (Å²) in [4.78, 5) is 0. The summed E-state index contributed by atoms with van der Waals surface area (Å²) in [7, 11) is 0. The van der Waals surface area contributed by atoms with E-state index in [4.69, 9.17) is 23.2 Å². The van der Waals surface area contributed by atoms with E-state index in [1.54, 1.807) is 3.28 Å². The van der Waals surface area contributed by atoms with E-state index in [0.29, 0.717) is 3.63 Å². The van der Waals surface area contributed by atoms with Gasteiger partial charge in [-0.25, -0.2) is 0 Å². The third-order valence-corrected chi connectivity index (χ3v) is 18.0. The Hall–Kier alpha value is -1.73. The Kier molecular flexibility index (Phi) is 11.3. The summed E-state index contributed by atoms with van der Waals surface area (Å²) < 4.78 is 3.41. The van der Waals surface area contributed by atoms with Gasteiger partial charge in [0.2, 0.25) is 0 Å². The first-order chi connectivity index (χ1) is 20.7. The minimum absolute atomic E-state index is 0. The third kappa shape index (κ3) is 7.02. The predicted molar refractivity (Wildman–Crippen MR) is 203 cm³/mol. The van der Waals surface area contributed by atoms with Crippen molar-refractivity contribution in [3.05, 3.63) is 149 Å². The second-order valence-electron chi connectivity index (χ2n) is 14.6. The summed E-state index contributed by atoms with van der Waals surface area (Å²) in [6.45, 7) is 18.7. The van der Waals surface area contributed by atoms with Gasteiger partial charge in [0, 0.05) is 0 Å². The first-order valence-corrected chi connectivity index (χ1v) is 20.3. The Balaban J connectivity index is 0.00000240. The van der Waals surface area contributed by atoms with Crippen LogP contribution in [0.1, 0.15) is 96.1 Å². The molecule has 0 spiro atoms. The molecule has 0 bridgehead atoms. The molecular formula is C41H44Cl4Zr. The van der Waals surface area contributed by atoms with Crippen LogP contribution >= 0.6 is 48.0 Å². The molecule has 4 aromatic carbocycles. The first kappa shape index (κ1) is 37.1. The zero-order valence-electron chi connectivity index (χ0n) is 28.0. The van der Waals surface area contributed by atoms with E-state index in [0.717, 1.165) is 16.5 Å². The molecule has 0 nitrogen and oxygen atoms in total. The van der Waals surface area contributed by atoms with E-state index in [1.807, 2.05) is 12.1 Å². The maximum absolute atomic E-state index is 6.71. The van der Waals surface area contributed by atoms with E-state index in [9.17, 15) is 0 Å². The Morgan fingerprint density at radius 1 is 0.674 bits per heavy atom. The molecule has 0 aliphatic heterocycles. The van der Waals surface area contributed by atoms with Gasteiger partial charge in [-0.2, -0.15) is 0 Å². The van der Waals surface area contributed by atoms with Crippen LogP contribution in [0.15, 0.2) is 94.3 Å². The summed E-state index contributed by atoms with van der Waals surface area (Å²) in [6, 6.07) is 27.2. The van der Waals surface area contributed by atoms with Gasteiger partial charge in [0.15, 0.2) is 0 Å². The molecule has 6 rings (SSSR count). The maximum Gasteiger partial charge on any atom is -0.147 e. The molecule has 0 aromatic heterocycles. The van der Waals surface area contributed by atoms with Crippen molar-refractivity contribution in [2.75, 3.05) is 0 Å². The molecule has 4 aromatic rings. The minimum Gasteiger partial charge on any atom is -0.147 e. The summed E-state index contributed by atoms with van der Waals surface area (Å²) in [5.74, 6) is 0. The second kappa shape index (κ2) is 14.0. The van der Waals surface area contributed by atoms with Crippen LogP contribution in [0, 0.1) is 13.8 Å². The number of hydrogen-bond donors (Lipinski definition) is 0. The van der Waals surface area contributed by atoms with Crippen molar-refractivity contribution in [1.82, 2.24) is 0 Å². The molecule has 5 heteroatoms. The maximum atomic E-state index is 6.71. The Labute approximate surface area is 306 Å². The summed E-state index contributed by atoms with van der Waals surface area (Å²) >= 11 is 10.6. The second-order valence-corrected chi connectivity index (χ2v) is 21.7. The van der Waals surface area contributed by atoms with Crippen molar-refractivity contribution < 1.29 is 21.3 Å². The Morgan fingerprint density at radius 3 is 1.50 bits per heavy atom. The average molecular weight is 770 g/mol. The van der Waals surface area contributed by atoms with Gasteiger partial charge in [0.05, 0.1) is 0 Å². The molecule has 0 fully saturated rings. The molecule has 0 unspecified atom stereocenters. The fraction of sp³-hybridized carbons (Fsp3) is 0.293. The molecule has 46 heavy (non-hydrogen) atoms. The van der Waals surface area contributed by atoms with E-state index in [2.05, 4.69) is 134 Å². The SMILES string of the molecule is Cc1cc2c(cc1C(C)(C)C)-c1cc(C(C)(C)C)c(C)cc1[CH]2[Zr]([C]1=CC=CC1)=[C](c1cccc(Cl)c1)c1cccc(Cl)c1.Cl.Cl. The molecule has 0 N–H and O–H groups in total. The molecule has 2 aliphatic carbocycles. The summed E-state index contributed by atoms with van der Waals surface area (Å²) in [6.07, 6.45) is 8.04. The fourth-order valence-electron chi connectivity index (χ4n) is 7.40. The topological polar surface area (TPSA) is 0 Å². The number of hydrogen-bond acceptors (Lipinski definition) is 0. The molecule has 0 radical (unpaired) electrons. The van der Waals surface area contributed by atoms with Crippen LogP contribution in [0.4, 0.5) is 0 Å². The summed E-state index contributed by atoms with van der Waals surface area (Å²) in [5, 5.41) is 1.54. The normalized spacial score (nSPS) is 13.8. The molecule has 0 saturated heterocycles. The molecule has 0 heterocycles. The van der Waals surface area contributed by atoms with Gasteiger partial charge in [-0.15, -0.1) is 24.8 Å². The van der Waals surface area contributed by atoms with Crippen LogP contribution in [-0.4, -0.2) is 3.21 Å². The quantitative estimate of drug-likeness (QED) is 0.194. The molecule has 0 atom stereocenters. The molecule has 0 saturated carbocycles. The minimum atomic E-state index is -2.84. The van der Waals surface area contributed by atoms with Crippen molar-refractivity contribution in [2.24, 2.45) is 0 Å². The first-order valence-electron chi connectivity index (χ1n) is 15.7. The monoisotopic (exact) mass is 766 g/mol. The predicted octanol–water partition coefficient (Wildman–Crippen LogP) is 12.8. The van der Waals surface area contributed by atoms with Crippen LogP contribution < -0.4 is 0 Å². The van der Waals surface area contributed by atoms with Gasteiger partial charge in [-0.1, -0.05) is 0 Å². The van der Waals surface area contributed by atoms with E-state index in [-0.39, 0.29) is 35.6 Å². The van der Waals surface area contributed by atoms with Gasteiger partial charge in [0.25, 0.3) is 0 Å². The van der Waals surface area contributed by atoms with Crippen LogP contribution in [0.25, 0.3) is 11.1 Å². The van der Waals surface area contributed by atoms with Crippen LogP contribution in [0.3, 0.4) is 0 Å². The van der Waals surface area contributed by atoms with Gasteiger partial charge in [-0.05, 0) is 0 Å². The van der Waals surface area contributed by atoms with Crippen LogP contribution in [0.5, 0.6) is 0 Å². The smallest absolute Gasteiger partial charge is 0.147 e. The van der Waals surface area contributed by atoms with Gasteiger partial charge < -0.3 is 0 Å². The number of allylic oxidation sites excluding steroid dienone is 4. The third-order valence-electron chi connectivity index (χ3n) is 9.22. The number of halogens is 4. The number of rotatable bonds is 4.